The molecule has 0 spiro atoms. The second-order valence-corrected chi connectivity index (χ2v) is 4.08. The minimum atomic E-state index is -0.592. The molecule has 2 aromatic rings. The fraction of sp³-hybridized carbons (Fsp3) is 0.214. The highest BCUT2D eigenvalue weighted by molar-refractivity contribution is 5.95. The molecule has 0 bridgehead atoms. The largest absolute Gasteiger partial charge is 0.349 e. The van der Waals surface area contributed by atoms with Crippen molar-refractivity contribution in [2.75, 3.05) is 0 Å². The Morgan fingerprint density at radius 3 is 2.72 bits per heavy atom. The molecule has 1 aromatic carbocycles. The maximum absolute atomic E-state index is 13.4. The monoisotopic (exact) mass is 249 g/mol. The van der Waals surface area contributed by atoms with Crippen molar-refractivity contribution in [1.29, 1.82) is 0 Å². The minimum Gasteiger partial charge on any atom is -0.349 e. The van der Waals surface area contributed by atoms with Crippen LogP contribution in [0.1, 0.15) is 29.3 Å². The van der Waals surface area contributed by atoms with Gasteiger partial charge in [0.25, 0.3) is 0 Å². The van der Waals surface area contributed by atoms with Crippen LogP contribution in [0, 0.1) is 11.6 Å². The predicted octanol–water partition coefficient (Wildman–Crippen LogP) is 3.41. The van der Waals surface area contributed by atoms with Crippen molar-refractivity contribution in [3.05, 3.63) is 59.4 Å². The Kier molecular flexibility index (Phi) is 3.55. The summed E-state index contributed by atoms with van der Waals surface area (Å²) in [4.78, 5) is 11.5. The molecular formula is C14H13F2NO. The third-order valence-electron chi connectivity index (χ3n) is 2.76. The molecule has 0 radical (unpaired) electrons. The van der Waals surface area contributed by atoms with E-state index in [0.29, 0.717) is 17.5 Å². The normalized spacial score (nSPS) is 10.6. The van der Waals surface area contributed by atoms with E-state index in [9.17, 15) is 13.6 Å². The molecule has 0 fully saturated rings. The summed E-state index contributed by atoms with van der Waals surface area (Å²) in [5.41, 5.74) is 1.00. The van der Waals surface area contributed by atoms with Gasteiger partial charge < -0.3 is 4.57 Å². The van der Waals surface area contributed by atoms with Crippen molar-refractivity contribution in [2.45, 2.75) is 19.9 Å². The first-order chi connectivity index (χ1) is 8.60. The summed E-state index contributed by atoms with van der Waals surface area (Å²) in [5.74, 6) is -1.12. The summed E-state index contributed by atoms with van der Waals surface area (Å²) in [7, 11) is 0. The Morgan fingerprint density at radius 2 is 2.06 bits per heavy atom. The van der Waals surface area contributed by atoms with Crippen LogP contribution in [0.25, 0.3) is 0 Å². The van der Waals surface area contributed by atoms with Gasteiger partial charge in [-0.15, -0.1) is 0 Å². The number of carbonyl (C=O) groups excluding carboxylic acids is 1. The lowest BCUT2D eigenvalue weighted by molar-refractivity contribution is 0.0988. The molecule has 0 amide bonds. The molecular weight excluding hydrogens is 236 g/mol. The predicted molar refractivity (Wildman–Crippen MR) is 64.5 cm³/mol. The third kappa shape index (κ3) is 2.64. The molecule has 1 heterocycles. The average Bonchev–Trinajstić information content (AvgIpc) is 2.80. The maximum atomic E-state index is 13.4. The van der Waals surface area contributed by atoms with Gasteiger partial charge in [0.1, 0.15) is 11.6 Å². The number of nitrogens with zero attached hydrogens (tertiary/aromatic N) is 1. The summed E-state index contributed by atoms with van der Waals surface area (Å²) in [6, 6.07) is 5.19. The van der Waals surface area contributed by atoms with Gasteiger partial charge in [0, 0.05) is 42.6 Å². The molecule has 0 atom stereocenters. The molecule has 1 aromatic heterocycles. The fourth-order valence-corrected chi connectivity index (χ4v) is 1.75. The van der Waals surface area contributed by atoms with Crippen LogP contribution in [0.2, 0.25) is 0 Å². The van der Waals surface area contributed by atoms with E-state index in [1.165, 1.54) is 12.1 Å². The quantitative estimate of drug-likeness (QED) is 0.761. The molecule has 94 valence electrons. The van der Waals surface area contributed by atoms with Crippen LogP contribution in [0.15, 0.2) is 36.7 Å². The van der Waals surface area contributed by atoms with Crippen LogP contribution in [0.3, 0.4) is 0 Å². The van der Waals surface area contributed by atoms with Crippen LogP contribution in [-0.4, -0.2) is 10.4 Å². The van der Waals surface area contributed by atoms with Crippen molar-refractivity contribution in [2.24, 2.45) is 0 Å². The van der Waals surface area contributed by atoms with E-state index in [1.807, 2.05) is 0 Å². The number of aromatic nitrogens is 1. The van der Waals surface area contributed by atoms with Crippen LogP contribution in [0.5, 0.6) is 0 Å². The highest BCUT2D eigenvalue weighted by atomic mass is 19.1. The van der Waals surface area contributed by atoms with Gasteiger partial charge in [-0.3, -0.25) is 4.79 Å². The van der Waals surface area contributed by atoms with Gasteiger partial charge in [0.05, 0.1) is 0 Å². The SMILES string of the molecule is CCC(=O)c1ccn(Cc2ccc(F)cc2F)c1. The minimum absolute atomic E-state index is 0.0494. The van der Waals surface area contributed by atoms with Gasteiger partial charge in [-0.25, -0.2) is 8.78 Å². The van der Waals surface area contributed by atoms with E-state index in [1.54, 1.807) is 30.0 Å². The smallest absolute Gasteiger partial charge is 0.164 e. The standard InChI is InChI=1S/C14H13F2NO/c1-2-14(18)11-5-6-17(9-11)8-10-3-4-12(15)7-13(10)16/h3-7,9H,2,8H2,1H3. The van der Waals surface area contributed by atoms with E-state index in [-0.39, 0.29) is 12.3 Å². The second kappa shape index (κ2) is 5.12. The van der Waals surface area contributed by atoms with Crippen molar-refractivity contribution < 1.29 is 13.6 Å². The van der Waals surface area contributed by atoms with Crippen molar-refractivity contribution in [3.63, 3.8) is 0 Å². The lowest BCUT2D eigenvalue weighted by Gasteiger charge is -2.04. The molecule has 0 saturated carbocycles. The van der Waals surface area contributed by atoms with Crippen LogP contribution in [0.4, 0.5) is 8.78 Å². The van der Waals surface area contributed by atoms with Gasteiger partial charge in [-0.05, 0) is 12.1 Å². The topological polar surface area (TPSA) is 22.0 Å². The zero-order valence-corrected chi connectivity index (χ0v) is 9.99. The Balaban J connectivity index is 2.18. The maximum Gasteiger partial charge on any atom is 0.164 e. The Bertz CT molecular complexity index is 575. The summed E-state index contributed by atoms with van der Waals surface area (Å²) >= 11 is 0. The first-order valence-corrected chi connectivity index (χ1v) is 5.73. The molecule has 4 heteroatoms. The first-order valence-electron chi connectivity index (χ1n) is 5.73. The molecule has 0 unspecified atom stereocenters. The van der Waals surface area contributed by atoms with E-state index >= 15 is 0 Å². The van der Waals surface area contributed by atoms with Crippen molar-refractivity contribution in [1.82, 2.24) is 4.57 Å². The number of Topliss-reactive ketones (excluding diaryl/α,β-unsaturated/α-hetero) is 1. The average molecular weight is 249 g/mol. The number of halogens is 2. The van der Waals surface area contributed by atoms with Crippen LogP contribution < -0.4 is 0 Å². The van der Waals surface area contributed by atoms with Crippen molar-refractivity contribution >= 4 is 5.78 Å². The summed E-state index contributed by atoms with van der Waals surface area (Å²) < 4.78 is 27.9. The fourth-order valence-electron chi connectivity index (χ4n) is 1.75. The van der Waals surface area contributed by atoms with Gasteiger partial charge in [0.15, 0.2) is 5.78 Å². The molecule has 0 aliphatic carbocycles. The highest BCUT2D eigenvalue weighted by Gasteiger charge is 2.07. The lowest BCUT2D eigenvalue weighted by Crippen LogP contribution is -2.00. The summed E-state index contributed by atoms with van der Waals surface area (Å²) in [6.45, 7) is 2.07. The number of rotatable bonds is 4. The first kappa shape index (κ1) is 12.5. The molecule has 18 heavy (non-hydrogen) atoms. The molecule has 2 nitrogen and oxygen atoms in total. The van der Waals surface area contributed by atoms with E-state index in [4.69, 9.17) is 0 Å². The zero-order chi connectivity index (χ0) is 13.1. The third-order valence-corrected chi connectivity index (χ3v) is 2.76. The van der Waals surface area contributed by atoms with Crippen LogP contribution in [-0.2, 0) is 6.54 Å². The van der Waals surface area contributed by atoms with E-state index in [0.717, 1.165) is 6.07 Å². The number of carbonyl (C=O) groups is 1. The number of benzene rings is 1. The Morgan fingerprint density at radius 1 is 1.28 bits per heavy atom. The molecule has 0 saturated heterocycles. The second-order valence-electron chi connectivity index (χ2n) is 4.08. The molecule has 0 aliphatic rings. The van der Waals surface area contributed by atoms with Gasteiger partial charge in [-0.1, -0.05) is 13.0 Å². The van der Waals surface area contributed by atoms with Crippen molar-refractivity contribution in [3.8, 4) is 0 Å². The Hall–Kier alpha value is -1.97. The summed E-state index contributed by atoms with van der Waals surface area (Å²) in [5, 5.41) is 0. The van der Waals surface area contributed by atoms with E-state index in [2.05, 4.69) is 0 Å². The van der Waals surface area contributed by atoms with Gasteiger partial charge >= 0.3 is 0 Å². The summed E-state index contributed by atoms with van der Waals surface area (Å²) in [6.07, 6.45) is 3.83. The lowest BCUT2D eigenvalue weighted by atomic mass is 10.2. The van der Waals surface area contributed by atoms with Crippen LogP contribution >= 0.6 is 0 Å². The number of ketones is 1. The number of hydrogen-bond donors (Lipinski definition) is 0. The number of hydrogen-bond acceptors (Lipinski definition) is 1. The Labute approximate surface area is 104 Å². The van der Waals surface area contributed by atoms with E-state index < -0.39 is 11.6 Å². The van der Waals surface area contributed by atoms with Gasteiger partial charge in [0.2, 0.25) is 0 Å². The molecule has 0 N–H and O–H groups in total. The molecule has 2 rings (SSSR count). The van der Waals surface area contributed by atoms with Gasteiger partial charge in [-0.2, -0.15) is 0 Å². The highest BCUT2D eigenvalue weighted by Crippen LogP contribution is 2.13. The zero-order valence-electron chi connectivity index (χ0n) is 9.99. The molecule has 0 aliphatic heterocycles.